The molecule has 1 atom stereocenters. The average molecular weight is 300 g/mol. The van der Waals surface area contributed by atoms with Gasteiger partial charge in [0.15, 0.2) is 0 Å². The molecule has 0 aliphatic rings. The van der Waals surface area contributed by atoms with Gasteiger partial charge in [0.2, 0.25) is 11.7 Å². The summed E-state index contributed by atoms with van der Waals surface area (Å²) in [6.45, 7) is 2.96. The maximum absolute atomic E-state index is 5.36. The number of nitrogens with zero attached hydrogens (tertiary/aromatic N) is 4. The number of hydrogen-bond acceptors (Lipinski definition) is 5. The zero-order valence-corrected chi connectivity index (χ0v) is 12.5. The van der Waals surface area contributed by atoms with Gasteiger partial charge in [-0.3, -0.25) is 4.68 Å². The van der Waals surface area contributed by atoms with Gasteiger partial charge in [-0.25, -0.2) is 0 Å². The summed E-state index contributed by atoms with van der Waals surface area (Å²) in [6, 6.07) is 11.8. The molecule has 2 aromatic heterocycles. The first-order chi connectivity index (χ1) is 10.3. The van der Waals surface area contributed by atoms with Crippen LogP contribution in [0.25, 0.3) is 11.4 Å². The van der Waals surface area contributed by atoms with E-state index in [0.717, 1.165) is 17.9 Å². The van der Waals surface area contributed by atoms with Gasteiger partial charge in [0.05, 0.1) is 5.25 Å². The normalized spacial score (nSPS) is 12.4. The molecule has 6 heteroatoms. The molecule has 2 heterocycles. The fourth-order valence-electron chi connectivity index (χ4n) is 1.93. The summed E-state index contributed by atoms with van der Waals surface area (Å²) in [7, 11) is 0. The van der Waals surface area contributed by atoms with E-state index in [0.29, 0.717) is 11.7 Å². The van der Waals surface area contributed by atoms with Gasteiger partial charge in [0.1, 0.15) is 0 Å². The van der Waals surface area contributed by atoms with Gasteiger partial charge >= 0.3 is 0 Å². The average Bonchev–Trinajstić information content (AvgIpc) is 3.20. The first-order valence-corrected chi connectivity index (χ1v) is 7.86. The lowest BCUT2D eigenvalue weighted by molar-refractivity contribution is 0.380. The number of rotatable bonds is 6. The van der Waals surface area contributed by atoms with Crippen LogP contribution in [0.1, 0.15) is 18.1 Å². The zero-order chi connectivity index (χ0) is 14.5. The molecule has 108 valence electrons. The molecule has 0 saturated carbocycles. The lowest BCUT2D eigenvalue weighted by Crippen LogP contribution is -2.02. The summed E-state index contributed by atoms with van der Waals surface area (Å²) in [5.41, 5.74) is 0.973. The first-order valence-electron chi connectivity index (χ1n) is 6.81. The highest BCUT2D eigenvalue weighted by atomic mass is 32.2. The van der Waals surface area contributed by atoms with Gasteiger partial charge in [0, 0.05) is 30.3 Å². The van der Waals surface area contributed by atoms with Crippen LogP contribution in [-0.2, 0) is 6.54 Å². The first kappa shape index (κ1) is 13.9. The largest absolute Gasteiger partial charge is 0.338 e. The molecule has 3 aromatic rings. The Kier molecular flexibility index (Phi) is 4.35. The quantitative estimate of drug-likeness (QED) is 0.698. The fraction of sp³-hybridized carbons (Fsp3) is 0.267. The van der Waals surface area contributed by atoms with Crippen molar-refractivity contribution >= 4 is 11.8 Å². The van der Waals surface area contributed by atoms with Gasteiger partial charge in [-0.2, -0.15) is 10.1 Å². The monoisotopic (exact) mass is 300 g/mol. The van der Waals surface area contributed by atoms with E-state index in [9.17, 15) is 0 Å². The van der Waals surface area contributed by atoms with E-state index in [1.54, 1.807) is 18.0 Å². The van der Waals surface area contributed by atoms with Crippen LogP contribution in [0.3, 0.4) is 0 Å². The number of benzene rings is 1. The minimum atomic E-state index is 0.172. The number of thioether (sulfide) groups is 1. The third-order valence-electron chi connectivity index (χ3n) is 3.07. The summed E-state index contributed by atoms with van der Waals surface area (Å²) in [5.74, 6) is 2.26. The second kappa shape index (κ2) is 6.58. The summed E-state index contributed by atoms with van der Waals surface area (Å²) in [5, 5.41) is 8.40. The van der Waals surface area contributed by atoms with Gasteiger partial charge < -0.3 is 4.52 Å². The van der Waals surface area contributed by atoms with Crippen molar-refractivity contribution in [1.29, 1.82) is 0 Å². The number of hydrogen-bond donors (Lipinski definition) is 0. The van der Waals surface area contributed by atoms with Crippen LogP contribution in [0, 0.1) is 0 Å². The Bertz CT molecular complexity index is 666. The molecule has 0 N–H and O–H groups in total. The van der Waals surface area contributed by atoms with E-state index >= 15 is 0 Å². The SMILES string of the molecule is C[C@H](SCCn1cccn1)c1nc(-c2ccccc2)no1. The predicted molar refractivity (Wildman–Crippen MR) is 82.8 cm³/mol. The molecular formula is C15H16N4OS. The second-order valence-corrected chi connectivity index (χ2v) is 6.05. The molecule has 0 spiro atoms. The van der Waals surface area contributed by atoms with Crippen LogP contribution < -0.4 is 0 Å². The third-order valence-corrected chi connectivity index (χ3v) is 4.19. The molecule has 0 radical (unpaired) electrons. The third kappa shape index (κ3) is 3.52. The molecule has 0 amide bonds. The van der Waals surface area contributed by atoms with Crippen molar-refractivity contribution in [2.75, 3.05) is 5.75 Å². The zero-order valence-electron chi connectivity index (χ0n) is 11.7. The molecule has 0 saturated heterocycles. The van der Waals surface area contributed by atoms with E-state index < -0.39 is 0 Å². The molecular weight excluding hydrogens is 284 g/mol. The molecule has 21 heavy (non-hydrogen) atoms. The molecule has 1 aromatic carbocycles. The smallest absolute Gasteiger partial charge is 0.239 e. The van der Waals surface area contributed by atoms with Crippen LogP contribution in [0.2, 0.25) is 0 Å². The van der Waals surface area contributed by atoms with E-state index in [2.05, 4.69) is 22.2 Å². The van der Waals surface area contributed by atoms with E-state index in [4.69, 9.17) is 4.52 Å². The van der Waals surface area contributed by atoms with Crippen molar-refractivity contribution in [1.82, 2.24) is 19.9 Å². The Morgan fingerprint density at radius 1 is 1.24 bits per heavy atom. The highest BCUT2D eigenvalue weighted by molar-refractivity contribution is 7.99. The molecule has 5 nitrogen and oxygen atoms in total. The lowest BCUT2D eigenvalue weighted by Gasteiger charge is -2.06. The van der Waals surface area contributed by atoms with Crippen molar-refractivity contribution in [3.8, 4) is 11.4 Å². The Balaban J connectivity index is 1.58. The van der Waals surface area contributed by atoms with Crippen LogP contribution in [0.15, 0.2) is 53.3 Å². The van der Waals surface area contributed by atoms with E-state index in [1.165, 1.54) is 0 Å². The second-order valence-electron chi connectivity index (χ2n) is 4.60. The van der Waals surface area contributed by atoms with Crippen molar-refractivity contribution in [3.63, 3.8) is 0 Å². The summed E-state index contributed by atoms with van der Waals surface area (Å²) in [4.78, 5) is 4.48. The van der Waals surface area contributed by atoms with Crippen LogP contribution in [-0.4, -0.2) is 25.7 Å². The molecule has 0 aliphatic carbocycles. The lowest BCUT2D eigenvalue weighted by atomic mass is 10.2. The summed E-state index contributed by atoms with van der Waals surface area (Å²) in [6.07, 6.45) is 3.75. The van der Waals surface area contributed by atoms with Gasteiger partial charge in [-0.05, 0) is 13.0 Å². The highest BCUT2D eigenvalue weighted by Crippen LogP contribution is 2.28. The fourth-order valence-corrected chi connectivity index (χ4v) is 2.82. The van der Waals surface area contributed by atoms with Gasteiger partial charge in [-0.15, -0.1) is 11.8 Å². The minimum absolute atomic E-state index is 0.172. The molecule has 0 unspecified atom stereocenters. The molecule has 3 rings (SSSR count). The van der Waals surface area contributed by atoms with Crippen molar-refractivity contribution in [3.05, 3.63) is 54.7 Å². The topological polar surface area (TPSA) is 56.7 Å². The van der Waals surface area contributed by atoms with Crippen LogP contribution in [0.5, 0.6) is 0 Å². The summed E-state index contributed by atoms with van der Waals surface area (Å²) >= 11 is 1.78. The van der Waals surface area contributed by atoms with Crippen molar-refractivity contribution in [2.45, 2.75) is 18.7 Å². The Morgan fingerprint density at radius 2 is 2.10 bits per heavy atom. The number of aromatic nitrogens is 4. The van der Waals surface area contributed by atoms with E-state index in [1.807, 2.05) is 47.3 Å². The van der Waals surface area contributed by atoms with Crippen molar-refractivity contribution in [2.24, 2.45) is 0 Å². The number of aryl methyl sites for hydroxylation is 1. The highest BCUT2D eigenvalue weighted by Gasteiger charge is 2.15. The molecule has 0 fully saturated rings. The Morgan fingerprint density at radius 3 is 2.86 bits per heavy atom. The van der Waals surface area contributed by atoms with Crippen LogP contribution in [0.4, 0.5) is 0 Å². The summed E-state index contributed by atoms with van der Waals surface area (Å²) < 4.78 is 7.28. The predicted octanol–water partition coefficient (Wildman–Crippen LogP) is 3.43. The molecule has 0 aliphatic heterocycles. The van der Waals surface area contributed by atoms with Gasteiger partial charge in [0.25, 0.3) is 0 Å². The minimum Gasteiger partial charge on any atom is -0.338 e. The Hall–Kier alpha value is -2.08. The van der Waals surface area contributed by atoms with Crippen LogP contribution >= 0.6 is 11.8 Å². The van der Waals surface area contributed by atoms with Crippen molar-refractivity contribution < 1.29 is 4.52 Å². The van der Waals surface area contributed by atoms with Gasteiger partial charge in [-0.1, -0.05) is 35.5 Å². The maximum atomic E-state index is 5.36. The standard InChI is InChI=1S/C15H16N4OS/c1-12(21-11-10-19-9-5-8-16-19)15-17-14(18-20-15)13-6-3-2-4-7-13/h2-9,12H,10-11H2,1H3/t12-/m0/s1. The van der Waals surface area contributed by atoms with E-state index in [-0.39, 0.29) is 5.25 Å². The Labute approximate surface area is 127 Å². The molecule has 0 bridgehead atoms. The maximum Gasteiger partial charge on any atom is 0.239 e.